The summed E-state index contributed by atoms with van der Waals surface area (Å²) in [5.74, 6) is -1.05. The molecule has 6 heteroatoms. The Bertz CT molecular complexity index is 769. The Kier molecular flexibility index (Phi) is 8.11. The molecule has 1 N–H and O–H groups in total. The molecular formula is C22H23F3O3. The fraction of sp³-hybridized carbons (Fsp3) is 0.318. The Morgan fingerprint density at radius 2 is 1.61 bits per heavy atom. The first kappa shape index (κ1) is 21.5. The quantitative estimate of drug-likeness (QED) is 0.378. The number of carboxylic acid groups (broad SMARTS) is 1. The van der Waals surface area contributed by atoms with E-state index in [1.54, 1.807) is 12.1 Å². The van der Waals surface area contributed by atoms with E-state index in [-0.39, 0.29) is 18.0 Å². The molecule has 0 bridgehead atoms. The van der Waals surface area contributed by atoms with Gasteiger partial charge in [0, 0.05) is 6.08 Å². The largest absolute Gasteiger partial charge is 0.478 e. The molecule has 0 heterocycles. The van der Waals surface area contributed by atoms with Gasteiger partial charge in [-0.1, -0.05) is 37.1 Å². The zero-order valence-electron chi connectivity index (χ0n) is 15.4. The summed E-state index contributed by atoms with van der Waals surface area (Å²) in [5.41, 5.74) is 1.19. The summed E-state index contributed by atoms with van der Waals surface area (Å²) < 4.78 is 45.6. The van der Waals surface area contributed by atoms with Crippen molar-refractivity contribution in [2.75, 3.05) is 6.67 Å². The molecule has 0 radical (unpaired) electrons. The summed E-state index contributed by atoms with van der Waals surface area (Å²) in [7, 11) is 0. The maximum Gasteiger partial charge on any atom is 0.426 e. The minimum Gasteiger partial charge on any atom is -0.478 e. The normalized spacial score (nSPS) is 11.7. The molecule has 0 aromatic heterocycles. The van der Waals surface area contributed by atoms with Crippen LogP contribution >= 0.6 is 0 Å². The molecule has 0 saturated heterocycles. The van der Waals surface area contributed by atoms with Crippen molar-refractivity contribution in [1.82, 2.24) is 0 Å². The highest BCUT2D eigenvalue weighted by molar-refractivity contribution is 5.85. The van der Waals surface area contributed by atoms with E-state index in [1.807, 2.05) is 0 Å². The molecule has 2 aromatic rings. The molecule has 0 fully saturated rings. The van der Waals surface area contributed by atoms with Gasteiger partial charge in [-0.15, -0.1) is 0 Å². The Morgan fingerprint density at radius 3 is 2.21 bits per heavy atom. The van der Waals surface area contributed by atoms with E-state index in [9.17, 15) is 18.0 Å². The van der Waals surface area contributed by atoms with Crippen LogP contribution < -0.4 is 4.74 Å². The lowest BCUT2D eigenvalue weighted by molar-refractivity contribution is -0.185. The van der Waals surface area contributed by atoms with E-state index in [0.29, 0.717) is 12.0 Å². The molecular weight excluding hydrogens is 369 g/mol. The number of alkyl halides is 3. The number of rotatable bonds is 11. The zero-order chi connectivity index (χ0) is 20.4. The van der Waals surface area contributed by atoms with Gasteiger partial charge in [0.15, 0.2) is 0 Å². The van der Waals surface area contributed by atoms with Gasteiger partial charge < -0.3 is 9.84 Å². The summed E-state index contributed by atoms with van der Waals surface area (Å²) in [6.45, 7) is -0.290. The van der Waals surface area contributed by atoms with Crippen molar-refractivity contribution in [2.24, 2.45) is 0 Å². The minimum atomic E-state index is -3.51. The maximum atomic E-state index is 14.3. The van der Waals surface area contributed by atoms with Gasteiger partial charge in [0.05, 0.1) is 12.2 Å². The number of hydrogen-bond donors (Lipinski definition) is 1. The van der Waals surface area contributed by atoms with Crippen LogP contribution in [0.15, 0.2) is 54.6 Å². The van der Waals surface area contributed by atoms with Crippen LogP contribution in [0.2, 0.25) is 0 Å². The van der Waals surface area contributed by atoms with Crippen molar-refractivity contribution in [3.05, 3.63) is 71.3 Å². The second kappa shape index (κ2) is 10.5. The number of benzene rings is 2. The Labute approximate surface area is 162 Å². The van der Waals surface area contributed by atoms with Crippen LogP contribution in [0.25, 0.3) is 6.08 Å². The van der Waals surface area contributed by atoms with Crippen LogP contribution in [-0.2, 0) is 17.3 Å². The molecule has 2 aromatic carbocycles. The molecule has 2 rings (SSSR count). The van der Waals surface area contributed by atoms with E-state index < -0.39 is 12.1 Å². The van der Waals surface area contributed by atoms with Crippen LogP contribution in [-0.4, -0.2) is 17.8 Å². The van der Waals surface area contributed by atoms with Crippen LogP contribution in [0, 0.1) is 0 Å². The molecule has 0 atom stereocenters. The third kappa shape index (κ3) is 7.10. The van der Waals surface area contributed by atoms with E-state index in [0.717, 1.165) is 37.3 Å². The van der Waals surface area contributed by atoms with Crippen molar-refractivity contribution < 1.29 is 27.8 Å². The van der Waals surface area contributed by atoms with Crippen molar-refractivity contribution in [1.29, 1.82) is 0 Å². The van der Waals surface area contributed by atoms with Crippen LogP contribution in [0.4, 0.5) is 13.2 Å². The number of ether oxygens (including phenoxy) is 1. The smallest absolute Gasteiger partial charge is 0.426 e. The Morgan fingerprint density at radius 1 is 0.964 bits per heavy atom. The van der Waals surface area contributed by atoms with Crippen LogP contribution in [0.5, 0.6) is 5.75 Å². The van der Waals surface area contributed by atoms with Gasteiger partial charge in [-0.2, -0.15) is 8.78 Å². The molecule has 0 saturated carbocycles. The van der Waals surface area contributed by atoms with Crippen molar-refractivity contribution in [3.8, 4) is 5.75 Å². The molecule has 0 spiro atoms. The second-order valence-corrected chi connectivity index (χ2v) is 6.41. The van der Waals surface area contributed by atoms with Crippen LogP contribution in [0.3, 0.4) is 0 Å². The van der Waals surface area contributed by atoms with E-state index in [2.05, 4.69) is 0 Å². The first-order valence-corrected chi connectivity index (χ1v) is 9.14. The molecule has 28 heavy (non-hydrogen) atoms. The molecule has 150 valence electrons. The fourth-order valence-corrected chi connectivity index (χ4v) is 2.66. The third-order valence-electron chi connectivity index (χ3n) is 4.18. The van der Waals surface area contributed by atoms with Gasteiger partial charge in [-0.3, -0.25) is 4.39 Å². The topological polar surface area (TPSA) is 46.5 Å². The van der Waals surface area contributed by atoms with Gasteiger partial charge >= 0.3 is 12.1 Å². The third-order valence-corrected chi connectivity index (χ3v) is 4.18. The number of hydrogen-bond acceptors (Lipinski definition) is 2. The lowest BCUT2D eigenvalue weighted by Crippen LogP contribution is -2.21. The lowest BCUT2D eigenvalue weighted by atomic mass is 10.1. The average molecular weight is 392 g/mol. The standard InChI is InChI=1S/C22H23F3O3/c23-16-4-2-1-3-5-17-8-13-20(14-9-17)28-22(24,25)19-11-6-18(7-12-19)10-15-21(26)27/h6-15H,1-5,16H2,(H,26,27)/b15-10+. The van der Waals surface area contributed by atoms with E-state index in [4.69, 9.17) is 9.84 Å². The van der Waals surface area contributed by atoms with Gasteiger partial charge in [-0.05, 0) is 60.7 Å². The Balaban J connectivity index is 1.93. The first-order valence-electron chi connectivity index (χ1n) is 9.14. The summed E-state index contributed by atoms with van der Waals surface area (Å²) in [6, 6.07) is 11.7. The number of carbonyl (C=O) groups is 1. The number of carboxylic acids is 1. The predicted octanol–water partition coefficient (Wildman–Crippen LogP) is 5.99. The molecule has 0 aliphatic heterocycles. The highest BCUT2D eigenvalue weighted by Crippen LogP contribution is 2.32. The summed E-state index contributed by atoms with van der Waals surface area (Å²) in [4.78, 5) is 10.5. The summed E-state index contributed by atoms with van der Waals surface area (Å²) in [6.07, 6.45) is 2.87. The van der Waals surface area contributed by atoms with Crippen molar-refractivity contribution >= 4 is 12.0 Å². The monoisotopic (exact) mass is 392 g/mol. The maximum absolute atomic E-state index is 14.3. The van der Waals surface area contributed by atoms with E-state index >= 15 is 0 Å². The summed E-state index contributed by atoms with van der Waals surface area (Å²) >= 11 is 0. The average Bonchev–Trinajstić information content (AvgIpc) is 2.67. The minimum absolute atomic E-state index is 0.0565. The van der Waals surface area contributed by atoms with Gasteiger partial charge in [-0.25, -0.2) is 4.79 Å². The fourth-order valence-electron chi connectivity index (χ4n) is 2.66. The number of aryl methyl sites for hydroxylation is 1. The van der Waals surface area contributed by atoms with Gasteiger partial charge in [0.25, 0.3) is 0 Å². The van der Waals surface area contributed by atoms with Gasteiger partial charge in [0.2, 0.25) is 0 Å². The SMILES string of the molecule is O=C(O)/C=C/c1ccc(C(F)(F)Oc2ccc(CCCCCCF)cc2)cc1. The lowest BCUT2D eigenvalue weighted by Gasteiger charge is -2.18. The zero-order valence-corrected chi connectivity index (χ0v) is 15.4. The van der Waals surface area contributed by atoms with E-state index in [1.165, 1.54) is 42.5 Å². The number of halogens is 3. The van der Waals surface area contributed by atoms with Crippen molar-refractivity contribution in [3.63, 3.8) is 0 Å². The molecule has 3 nitrogen and oxygen atoms in total. The summed E-state index contributed by atoms with van der Waals surface area (Å²) in [5, 5.41) is 8.58. The second-order valence-electron chi connectivity index (χ2n) is 6.41. The number of unbranched alkanes of at least 4 members (excludes halogenated alkanes) is 3. The predicted molar refractivity (Wildman–Crippen MR) is 102 cm³/mol. The van der Waals surface area contributed by atoms with Crippen LogP contribution in [0.1, 0.15) is 42.4 Å². The highest BCUT2D eigenvalue weighted by atomic mass is 19.3. The Hall–Kier alpha value is -2.76. The molecule has 0 aliphatic carbocycles. The first-order chi connectivity index (χ1) is 13.4. The van der Waals surface area contributed by atoms with Crippen molar-refractivity contribution in [2.45, 2.75) is 38.2 Å². The van der Waals surface area contributed by atoms with Gasteiger partial charge in [0.1, 0.15) is 5.75 Å². The highest BCUT2D eigenvalue weighted by Gasteiger charge is 2.34. The number of aliphatic carboxylic acids is 1. The molecule has 0 amide bonds. The molecule has 0 unspecified atom stereocenters. The molecule has 0 aliphatic rings.